The average Bonchev–Trinajstić information content (AvgIpc) is 2.54. The molecule has 1 aliphatic carbocycles. The van der Waals surface area contributed by atoms with E-state index >= 15 is 0 Å². The van der Waals surface area contributed by atoms with Gasteiger partial charge in [0, 0.05) is 5.54 Å². The third-order valence-electron chi connectivity index (χ3n) is 4.94. The van der Waals surface area contributed by atoms with E-state index in [4.69, 9.17) is 5.73 Å². The van der Waals surface area contributed by atoms with Crippen molar-refractivity contribution >= 4 is 0 Å². The molecule has 1 aliphatic rings. The lowest BCUT2D eigenvalue weighted by Crippen LogP contribution is -2.41. The first-order chi connectivity index (χ1) is 9.28. The van der Waals surface area contributed by atoms with Crippen LogP contribution in [-0.4, -0.2) is 10.6 Å². The molecule has 0 saturated heterocycles. The number of hydrogen-bond donors (Lipinski definition) is 2. The van der Waals surface area contributed by atoms with E-state index in [1.54, 1.807) is 12.1 Å². The Bertz CT molecular complexity index is 432. The third-order valence-corrected chi connectivity index (χ3v) is 4.94. The number of rotatable bonds is 2. The van der Waals surface area contributed by atoms with E-state index in [0.29, 0.717) is 11.2 Å². The number of nitrogens with two attached hydrogens (primary N) is 1. The van der Waals surface area contributed by atoms with E-state index in [2.05, 4.69) is 20.8 Å². The molecule has 1 fully saturated rings. The Kier molecular flexibility index (Phi) is 4.43. The summed E-state index contributed by atoms with van der Waals surface area (Å²) in [6.45, 7) is 7.05. The quantitative estimate of drug-likeness (QED) is 0.792. The number of phenols is 1. The molecule has 20 heavy (non-hydrogen) atoms. The Balaban J connectivity index is 2.02. The van der Waals surface area contributed by atoms with E-state index in [1.807, 2.05) is 12.1 Å². The Morgan fingerprint density at radius 2 is 1.80 bits per heavy atom. The van der Waals surface area contributed by atoms with Crippen molar-refractivity contribution in [1.29, 1.82) is 0 Å². The second-order valence-electron chi connectivity index (χ2n) is 7.70. The maximum Gasteiger partial charge on any atom is 0.115 e. The topological polar surface area (TPSA) is 46.2 Å². The summed E-state index contributed by atoms with van der Waals surface area (Å²) in [5, 5.41) is 9.36. The van der Waals surface area contributed by atoms with Crippen LogP contribution in [0.1, 0.15) is 58.4 Å². The van der Waals surface area contributed by atoms with Gasteiger partial charge in [-0.2, -0.15) is 0 Å². The Morgan fingerprint density at radius 1 is 1.15 bits per heavy atom. The standard InChI is InChI=1S/C18H29NO/c1-17(2,3)15-5-4-11-18(19,12-10-15)13-14-6-8-16(20)9-7-14/h6-9,15,20H,4-5,10-13,19H2,1-3H3. The van der Waals surface area contributed by atoms with Crippen LogP contribution in [0.2, 0.25) is 0 Å². The zero-order valence-electron chi connectivity index (χ0n) is 13.2. The zero-order valence-corrected chi connectivity index (χ0v) is 13.2. The van der Waals surface area contributed by atoms with Crippen molar-refractivity contribution in [2.24, 2.45) is 17.1 Å². The Morgan fingerprint density at radius 3 is 2.40 bits per heavy atom. The minimum absolute atomic E-state index is 0.0724. The van der Waals surface area contributed by atoms with E-state index in [0.717, 1.165) is 25.2 Å². The Hall–Kier alpha value is -1.02. The van der Waals surface area contributed by atoms with E-state index in [-0.39, 0.29) is 5.54 Å². The van der Waals surface area contributed by atoms with E-state index < -0.39 is 0 Å². The van der Waals surface area contributed by atoms with Crippen LogP contribution in [0, 0.1) is 11.3 Å². The molecule has 1 aromatic carbocycles. The maximum absolute atomic E-state index is 9.36. The van der Waals surface area contributed by atoms with Gasteiger partial charge in [0.1, 0.15) is 5.75 Å². The van der Waals surface area contributed by atoms with Gasteiger partial charge in [-0.25, -0.2) is 0 Å². The van der Waals surface area contributed by atoms with Crippen molar-refractivity contribution in [1.82, 2.24) is 0 Å². The summed E-state index contributed by atoms with van der Waals surface area (Å²) in [5.74, 6) is 1.11. The highest BCUT2D eigenvalue weighted by molar-refractivity contribution is 5.27. The van der Waals surface area contributed by atoms with E-state index in [9.17, 15) is 5.11 Å². The lowest BCUT2D eigenvalue weighted by atomic mass is 9.76. The van der Waals surface area contributed by atoms with Crippen molar-refractivity contribution in [2.45, 2.75) is 64.8 Å². The summed E-state index contributed by atoms with van der Waals surface area (Å²) in [7, 11) is 0. The highest BCUT2D eigenvalue weighted by Gasteiger charge is 2.33. The molecule has 2 unspecified atom stereocenters. The summed E-state index contributed by atoms with van der Waals surface area (Å²) in [4.78, 5) is 0. The van der Waals surface area contributed by atoms with Gasteiger partial charge >= 0.3 is 0 Å². The summed E-state index contributed by atoms with van der Waals surface area (Å²) in [6.07, 6.45) is 6.91. The first-order valence-corrected chi connectivity index (χ1v) is 7.85. The van der Waals surface area contributed by atoms with Crippen molar-refractivity contribution in [2.75, 3.05) is 0 Å². The fraction of sp³-hybridized carbons (Fsp3) is 0.667. The smallest absolute Gasteiger partial charge is 0.115 e. The number of benzene rings is 1. The first-order valence-electron chi connectivity index (χ1n) is 7.85. The Labute approximate surface area is 123 Å². The monoisotopic (exact) mass is 275 g/mol. The summed E-state index contributed by atoms with van der Waals surface area (Å²) in [6, 6.07) is 7.51. The molecule has 2 rings (SSSR count). The average molecular weight is 275 g/mol. The zero-order chi connectivity index (χ0) is 14.8. The van der Waals surface area contributed by atoms with Gasteiger partial charge in [0.25, 0.3) is 0 Å². The number of hydrogen-bond acceptors (Lipinski definition) is 2. The van der Waals surface area contributed by atoms with Crippen molar-refractivity contribution in [3.63, 3.8) is 0 Å². The maximum atomic E-state index is 9.36. The summed E-state index contributed by atoms with van der Waals surface area (Å²) in [5.41, 5.74) is 8.23. The SMILES string of the molecule is CC(C)(C)C1CCCC(N)(Cc2ccc(O)cc2)CC1. The van der Waals surface area contributed by atoms with Crippen molar-refractivity contribution < 1.29 is 5.11 Å². The number of phenolic OH excluding ortho intramolecular Hbond substituents is 1. The molecule has 0 spiro atoms. The molecule has 0 radical (unpaired) electrons. The van der Waals surface area contributed by atoms with Gasteiger partial charge in [0.15, 0.2) is 0 Å². The van der Waals surface area contributed by atoms with Gasteiger partial charge in [-0.05, 0) is 61.1 Å². The van der Waals surface area contributed by atoms with Crippen molar-refractivity contribution in [3.8, 4) is 5.75 Å². The third kappa shape index (κ3) is 3.99. The summed E-state index contributed by atoms with van der Waals surface area (Å²) >= 11 is 0. The fourth-order valence-electron chi connectivity index (χ4n) is 3.49. The molecule has 0 aromatic heterocycles. The van der Waals surface area contributed by atoms with Crippen LogP contribution in [0.3, 0.4) is 0 Å². The molecule has 3 N–H and O–H groups in total. The molecule has 1 aromatic rings. The highest BCUT2D eigenvalue weighted by Crippen LogP contribution is 2.39. The summed E-state index contributed by atoms with van der Waals surface area (Å²) < 4.78 is 0. The van der Waals surface area contributed by atoms with Gasteiger partial charge in [-0.1, -0.05) is 39.3 Å². The molecular formula is C18H29NO. The van der Waals surface area contributed by atoms with Crippen LogP contribution in [0.15, 0.2) is 24.3 Å². The second kappa shape index (κ2) is 5.77. The number of aromatic hydroxyl groups is 1. The molecule has 2 atom stereocenters. The van der Waals surface area contributed by atoms with Crippen LogP contribution in [0.25, 0.3) is 0 Å². The molecule has 0 bridgehead atoms. The molecule has 2 nitrogen and oxygen atoms in total. The largest absolute Gasteiger partial charge is 0.508 e. The van der Waals surface area contributed by atoms with Crippen LogP contribution < -0.4 is 5.73 Å². The van der Waals surface area contributed by atoms with Gasteiger partial charge < -0.3 is 10.8 Å². The van der Waals surface area contributed by atoms with Gasteiger partial charge in [-0.3, -0.25) is 0 Å². The minimum Gasteiger partial charge on any atom is -0.508 e. The lowest BCUT2D eigenvalue weighted by Gasteiger charge is -2.31. The van der Waals surface area contributed by atoms with Crippen LogP contribution in [-0.2, 0) is 6.42 Å². The van der Waals surface area contributed by atoms with Crippen LogP contribution in [0.5, 0.6) is 5.75 Å². The molecule has 0 amide bonds. The molecule has 0 heterocycles. The van der Waals surface area contributed by atoms with Crippen LogP contribution in [0.4, 0.5) is 0 Å². The molecule has 1 saturated carbocycles. The fourth-order valence-corrected chi connectivity index (χ4v) is 3.49. The lowest BCUT2D eigenvalue weighted by molar-refractivity contribution is 0.210. The highest BCUT2D eigenvalue weighted by atomic mass is 16.3. The van der Waals surface area contributed by atoms with Gasteiger partial charge in [0.05, 0.1) is 0 Å². The molecule has 112 valence electrons. The normalized spacial score (nSPS) is 28.1. The minimum atomic E-state index is -0.0724. The molecular weight excluding hydrogens is 246 g/mol. The second-order valence-corrected chi connectivity index (χ2v) is 7.70. The molecule has 0 aliphatic heterocycles. The van der Waals surface area contributed by atoms with Gasteiger partial charge in [-0.15, -0.1) is 0 Å². The van der Waals surface area contributed by atoms with Crippen LogP contribution >= 0.6 is 0 Å². The van der Waals surface area contributed by atoms with E-state index in [1.165, 1.54) is 24.8 Å². The first kappa shape index (κ1) is 15.4. The van der Waals surface area contributed by atoms with Crippen molar-refractivity contribution in [3.05, 3.63) is 29.8 Å². The predicted molar refractivity (Wildman–Crippen MR) is 84.8 cm³/mol. The molecule has 2 heteroatoms. The van der Waals surface area contributed by atoms with Gasteiger partial charge in [0.2, 0.25) is 0 Å². The predicted octanol–water partition coefficient (Wildman–Crippen LogP) is 4.26.